The van der Waals surface area contributed by atoms with Crippen LogP contribution in [0.15, 0.2) is 70.9 Å². The summed E-state index contributed by atoms with van der Waals surface area (Å²) < 4.78 is 0. The lowest BCUT2D eigenvalue weighted by Gasteiger charge is -2.02. The number of para-hydroxylation sites is 1. The second-order valence-corrected chi connectivity index (χ2v) is 3.96. The average molecular weight is 253 g/mol. The summed E-state index contributed by atoms with van der Waals surface area (Å²) in [6.07, 6.45) is 0.325. The molecule has 2 rings (SSSR count). The van der Waals surface area contributed by atoms with E-state index in [1.54, 1.807) is 0 Å². The third kappa shape index (κ3) is 4.71. The topological polar surface area (TPSA) is 53.8 Å². The maximum atomic E-state index is 11.6. The fourth-order valence-electron chi connectivity index (χ4n) is 1.52. The van der Waals surface area contributed by atoms with Crippen molar-refractivity contribution in [1.82, 2.24) is 0 Å². The maximum absolute atomic E-state index is 11.6. The van der Waals surface area contributed by atoms with Gasteiger partial charge in [-0.15, -0.1) is 0 Å². The summed E-state index contributed by atoms with van der Waals surface area (Å²) in [6, 6.07) is 18.8. The van der Waals surface area contributed by atoms with Gasteiger partial charge >= 0.3 is 0 Å². The zero-order valence-corrected chi connectivity index (χ0v) is 10.5. The van der Waals surface area contributed by atoms with Crippen LogP contribution in [0.3, 0.4) is 0 Å². The smallest absolute Gasteiger partial charge is 0.226 e. The summed E-state index contributed by atoms with van der Waals surface area (Å²) in [5.41, 5.74) is 1.60. The summed E-state index contributed by atoms with van der Waals surface area (Å²) in [6.45, 7) is 0.383. The number of nitrogens with one attached hydrogen (secondary N) is 1. The maximum Gasteiger partial charge on any atom is 0.226 e. The number of hydrogen-bond acceptors (Lipinski definition) is 3. The van der Waals surface area contributed by atoms with Gasteiger partial charge in [0.15, 0.2) is 0 Å². The van der Waals surface area contributed by atoms with Crippen LogP contribution >= 0.6 is 0 Å². The van der Waals surface area contributed by atoms with Gasteiger partial charge in [0, 0.05) is 12.1 Å². The second-order valence-electron chi connectivity index (χ2n) is 3.96. The Hall–Kier alpha value is -2.49. The Bertz CT molecular complexity index is 538. The molecule has 0 unspecified atom stereocenters. The van der Waals surface area contributed by atoms with E-state index in [1.165, 1.54) is 0 Å². The molecule has 0 spiro atoms. The molecule has 0 aliphatic rings. The molecule has 4 nitrogen and oxygen atoms in total. The molecule has 2 aromatic carbocycles. The molecule has 1 amide bonds. The molecule has 0 fully saturated rings. The van der Waals surface area contributed by atoms with Crippen molar-refractivity contribution in [3.63, 3.8) is 0 Å². The van der Waals surface area contributed by atoms with E-state index in [-0.39, 0.29) is 5.91 Å². The molecule has 0 aliphatic heterocycles. The SMILES string of the molecule is O=C(CCN=Nc1ccccc1)Nc1ccccc1. The molecule has 0 atom stereocenters. The molecule has 2 aromatic rings. The van der Waals surface area contributed by atoms with Crippen LogP contribution in [0.4, 0.5) is 11.4 Å². The predicted molar refractivity (Wildman–Crippen MR) is 75.5 cm³/mol. The third-order valence-electron chi connectivity index (χ3n) is 2.44. The molecular formula is C15H15N3O. The minimum absolute atomic E-state index is 0.0572. The van der Waals surface area contributed by atoms with Crippen LogP contribution in [0.25, 0.3) is 0 Å². The van der Waals surface area contributed by atoms with Crippen molar-refractivity contribution in [3.05, 3.63) is 60.7 Å². The van der Waals surface area contributed by atoms with Gasteiger partial charge in [-0.05, 0) is 24.3 Å². The minimum atomic E-state index is -0.0572. The predicted octanol–water partition coefficient (Wildman–Crippen LogP) is 3.80. The normalized spacial score (nSPS) is 10.5. The van der Waals surface area contributed by atoms with Crippen LogP contribution in [0.5, 0.6) is 0 Å². The number of nitrogens with zero attached hydrogens (tertiary/aromatic N) is 2. The zero-order valence-electron chi connectivity index (χ0n) is 10.5. The number of rotatable bonds is 5. The summed E-state index contributed by atoms with van der Waals surface area (Å²) in [4.78, 5) is 11.6. The first kappa shape index (κ1) is 13.0. The Labute approximate surface area is 112 Å². The molecule has 0 heterocycles. The highest BCUT2D eigenvalue weighted by atomic mass is 16.1. The summed E-state index contributed by atoms with van der Waals surface area (Å²) in [5.74, 6) is -0.0572. The average Bonchev–Trinajstić information content (AvgIpc) is 2.46. The van der Waals surface area contributed by atoms with E-state index in [4.69, 9.17) is 0 Å². The summed E-state index contributed by atoms with van der Waals surface area (Å²) >= 11 is 0. The van der Waals surface area contributed by atoms with Gasteiger partial charge in [-0.2, -0.15) is 10.2 Å². The number of hydrogen-bond donors (Lipinski definition) is 1. The molecule has 19 heavy (non-hydrogen) atoms. The van der Waals surface area contributed by atoms with Gasteiger partial charge in [0.2, 0.25) is 5.91 Å². The quantitative estimate of drug-likeness (QED) is 0.809. The standard InChI is InChI=1S/C15H15N3O/c19-15(17-13-7-3-1-4-8-13)11-12-16-18-14-9-5-2-6-10-14/h1-10H,11-12H2,(H,17,19). The van der Waals surface area contributed by atoms with Gasteiger partial charge in [0.1, 0.15) is 0 Å². The monoisotopic (exact) mass is 253 g/mol. The van der Waals surface area contributed by atoms with E-state index < -0.39 is 0 Å². The fraction of sp³-hybridized carbons (Fsp3) is 0.133. The lowest BCUT2D eigenvalue weighted by atomic mass is 10.3. The van der Waals surface area contributed by atoms with Crippen LogP contribution in [0.1, 0.15) is 6.42 Å². The molecule has 96 valence electrons. The summed E-state index contributed by atoms with van der Waals surface area (Å²) in [7, 11) is 0. The minimum Gasteiger partial charge on any atom is -0.326 e. The van der Waals surface area contributed by atoms with Gasteiger partial charge in [-0.25, -0.2) is 0 Å². The number of amides is 1. The van der Waals surface area contributed by atoms with E-state index in [9.17, 15) is 4.79 Å². The molecule has 0 saturated heterocycles. The Morgan fingerprint density at radius 2 is 1.58 bits per heavy atom. The van der Waals surface area contributed by atoms with E-state index in [0.717, 1.165) is 11.4 Å². The van der Waals surface area contributed by atoms with Crippen molar-refractivity contribution in [1.29, 1.82) is 0 Å². The second kappa shape index (κ2) is 7.06. The van der Waals surface area contributed by atoms with Gasteiger partial charge in [-0.1, -0.05) is 36.4 Å². The number of carbonyl (C=O) groups is 1. The van der Waals surface area contributed by atoms with Gasteiger partial charge in [0.05, 0.1) is 12.2 Å². The first-order chi connectivity index (χ1) is 9.34. The first-order valence-corrected chi connectivity index (χ1v) is 6.12. The van der Waals surface area contributed by atoms with Crippen molar-refractivity contribution >= 4 is 17.3 Å². The van der Waals surface area contributed by atoms with Crippen molar-refractivity contribution in [2.45, 2.75) is 6.42 Å². The highest BCUT2D eigenvalue weighted by Crippen LogP contribution is 2.10. The van der Waals surface area contributed by atoms with E-state index in [2.05, 4.69) is 15.5 Å². The largest absolute Gasteiger partial charge is 0.326 e. The number of benzene rings is 2. The lowest BCUT2D eigenvalue weighted by Crippen LogP contribution is -2.12. The highest BCUT2D eigenvalue weighted by molar-refractivity contribution is 5.90. The van der Waals surface area contributed by atoms with Crippen molar-refractivity contribution in [2.75, 3.05) is 11.9 Å². The third-order valence-corrected chi connectivity index (χ3v) is 2.44. The lowest BCUT2D eigenvalue weighted by molar-refractivity contribution is -0.116. The number of azo groups is 1. The van der Waals surface area contributed by atoms with Crippen molar-refractivity contribution in [3.8, 4) is 0 Å². The molecule has 0 radical (unpaired) electrons. The van der Waals surface area contributed by atoms with Gasteiger partial charge in [-0.3, -0.25) is 4.79 Å². The van der Waals surface area contributed by atoms with E-state index in [0.29, 0.717) is 13.0 Å². The summed E-state index contributed by atoms with van der Waals surface area (Å²) in [5, 5.41) is 10.8. The Balaban J connectivity index is 1.74. The van der Waals surface area contributed by atoms with Crippen LogP contribution < -0.4 is 5.32 Å². The van der Waals surface area contributed by atoms with Gasteiger partial charge in [0.25, 0.3) is 0 Å². The van der Waals surface area contributed by atoms with Gasteiger partial charge < -0.3 is 5.32 Å². The molecular weight excluding hydrogens is 238 g/mol. The molecule has 1 N–H and O–H groups in total. The van der Waals surface area contributed by atoms with Crippen LogP contribution in [-0.2, 0) is 4.79 Å². The number of anilines is 1. The zero-order chi connectivity index (χ0) is 13.3. The van der Waals surface area contributed by atoms with Crippen LogP contribution in [0, 0.1) is 0 Å². The van der Waals surface area contributed by atoms with Crippen molar-refractivity contribution < 1.29 is 4.79 Å². The molecule has 4 heteroatoms. The first-order valence-electron chi connectivity index (χ1n) is 6.12. The molecule has 0 aliphatic carbocycles. The van der Waals surface area contributed by atoms with Crippen LogP contribution in [-0.4, -0.2) is 12.5 Å². The number of carbonyl (C=O) groups excluding carboxylic acids is 1. The molecule has 0 bridgehead atoms. The van der Waals surface area contributed by atoms with Crippen molar-refractivity contribution in [2.24, 2.45) is 10.2 Å². The fourth-order valence-corrected chi connectivity index (χ4v) is 1.52. The Morgan fingerprint density at radius 1 is 0.947 bits per heavy atom. The van der Waals surface area contributed by atoms with E-state index >= 15 is 0 Å². The Kier molecular flexibility index (Phi) is 4.81. The van der Waals surface area contributed by atoms with E-state index in [1.807, 2.05) is 60.7 Å². The highest BCUT2D eigenvalue weighted by Gasteiger charge is 2.00. The van der Waals surface area contributed by atoms with Crippen LogP contribution in [0.2, 0.25) is 0 Å². The molecule has 0 saturated carbocycles. The Morgan fingerprint density at radius 3 is 2.26 bits per heavy atom. The molecule has 0 aromatic heterocycles.